The minimum Gasteiger partial charge on any atom is -0.480 e. The van der Waals surface area contributed by atoms with E-state index in [9.17, 15) is 19.5 Å². The van der Waals surface area contributed by atoms with Crippen LogP contribution in [0, 0.1) is 6.92 Å². The number of fused-ring (bicyclic) bond motifs is 3. The summed E-state index contributed by atoms with van der Waals surface area (Å²) in [6.07, 6.45) is -0.682. The van der Waals surface area contributed by atoms with Crippen LogP contribution < -0.4 is 10.6 Å². The number of hydrogen-bond acceptors (Lipinski definition) is 7. The first-order chi connectivity index (χ1) is 19.8. The van der Waals surface area contributed by atoms with E-state index in [0.29, 0.717) is 12.2 Å². The Morgan fingerprint density at radius 3 is 2.22 bits per heavy atom. The zero-order chi connectivity index (χ0) is 28.9. The molecule has 3 aromatic carbocycles. The first-order valence-corrected chi connectivity index (χ1v) is 14.0. The number of benzene rings is 3. The number of likely N-dealkylation sites (N-methyl/N-ethyl adjacent to an activating group) is 1. The van der Waals surface area contributed by atoms with Gasteiger partial charge < -0.3 is 15.2 Å². The van der Waals surface area contributed by atoms with E-state index in [1.165, 1.54) is 0 Å². The highest BCUT2D eigenvalue weighted by atomic mass is 32.1. The predicted molar refractivity (Wildman–Crippen MR) is 157 cm³/mol. The van der Waals surface area contributed by atoms with E-state index < -0.39 is 24.0 Å². The molecule has 0 spiro atoms. The van der Waals surface area contributed by atoms with E-state index in [1.54, 1.807) is 14.0 Å². The van der Waals surface area contributed by atoms with Crippen molar-refractivity contribution >= 4 is 34.4 Å². The third kappa shape index (κ3) is 6.45. The average molecular weight is 571 g/mol. The van der Waals surface area contributed by atoms with Crippen LogP contribution in [0.15, 0.2) is 78.9 Å². The van der Waals surface area contributed by atoms with Crippen LogP contribution in [0.3, 0.4) is 0 Å². The van der Waals surface area contributed by atoms with Gasteiger partial charge in [-0.15, -0.1) is 0 Å². The fourth-order valence-corrected chi connectivity index (χ4v) is 5.92. The molecule has 9 nitrogen and oxygen atoms in total. The van der Waals surface area contributed by atoms with E-state index in [0.717, 1.165) is 39.2 Å². The van der Waals surface area contributed by atoms with Crippen LogP contribution in [0.4, 0.5) is 9.93 Å². The lowest BCUT2D eigenvalue weighted by Crippen LogP contribution is -2.47. The molecule has 0 bridgehead atoms. The Morgan fingerprint density at radius 2 is 1.59 bits per heavy atom. The van der Waals surface area contributed by atoms with Crippen LogP contribution in [0.5, 0.6) is 0 Å². The quantitative estimate of drug-likeness (QED) is 0.242. The van der Waals surface area contributed by atoms with E-state index in [2.05, 4.69) is 27.8 Å². The maximum absolute atomic E-state index is 13.0. The molecule has 1 aromatic heterocycles. The van der Waals surface area contributed by atoms with Gasteiger partial charge in [-0.25, -0.2) is 14.6 Å². The van der Waals surface area contributed by atoms with Crippen molar-refractivity contribution in [3.8, 4) is 11.1 Å². The predicted octanol–water partition coefficient (Wildman–Crippen LogP) is 5.13. The summed E-state index contributed by atoms with van der Waals surface area (Å²) in [5, 5.41) is 15.1. The van der Waals surface area contributed by atoms with Crippen LogP contribution in [0.25, 0.3) is 11.1 Å². The standard InChI is InChI=1S/C31H30N4O5S/c1-19-27(28(36)33-26(29(37)38)17-35(2)16-20-10-4-3-5-11-20)41-30(32-19)34-31(39)40-18-25-23-14-8-6-12-21(23)22-13-7-9-15-24(22)25/h3-15,25-26H,16-18H2,1-2H3,(H,33,36)(H,37,38)(H,32,34,39). The monoisotopic (exact) mass is 570 g/mol. The lowest BCUT2D eigenvalue weighted by atomic mass is 9.98. The number of nitrogens with zero attached hydrogens (tertiary/aromatic N) is 2. The molecule has 1 aliphatic rings. The third-order valence-corrected chi connectivity index (χ3v) is 8.02. The number of carboxylic acids is 1. The molecule has 0 saturated heterocycles. The summed E-state index contributed by atoms with van der Waals surface area (Å²) in [6, 6.07) is 24.7. The molecule has 41 heavy (non-hydrogen) atoms. The minimum absolute atomic E-state index is 0.0829. The highest BCUT2D eigenvalue weighted by Gasteiger charge is 2.29. The van der Waals surface area contributed by atoms with Crippen molar-refractivity contribution in [1.82, 2.24) is 15.2 Å². The Labute approximate surface area is 241 Å². The number of aromatic nitrogens is 1. The van der Waals surface area contributed by atoms with E-state index in [4.69, 9.17) is 4.74 Å². The van der Waals surface area contributed by atoms with Crippen molar-refractivity contribution in [2.75, 3.05) is 25.5 Å². The lowest BCUT2D eigenvalue weighted by Gasteiger charge is -2.22. The largest absolute Gasteiger partial charge is 0.480 e. The van der Waals surface area contributed by atoms with Crippen molar-refractivity contribution in [3.05, 3.63) is 106 Å². The minimum atomic E-state index is -1.14. The molecule has 3 N–H and O–H groups in total. The molecule has 0 radical (unpaired) electrons. The van der Waals surface area contributed by atoms with Gasteiger partial charge in [-0.2, -0.15) is 0 Å². The van der Waals surface area contributed by atoms with Gasteiger partial charge in [0.1, 0.15) is 17.5 Å². The van der Waals surface area contributed by atoms with E-state index in [1.807, 2.05) is 71.6 Å². The van der Waals surface area contributed by atoms with Gasteiger partial charge in [0.25, 0.3) is 5.91 Å². The summed E-state index contributed by atoms with van der Waals surface area (Å²) in [5.41, 5.74) is 5.89. The van der Waals surface area contributed by atoms with Crippen molar-refractivity contribution in [2.45, 2.75) is 25.4 Å². The zero-order valence-electron chi connectivity index (χ0n) is 22.7. The van der Waals surface area contributed by atoms with Gasteiger partial charge in [-0.05, 0) is 41.8 Å². The molecule has 1 aliphatic carbocycles. The van der Waals surface area contributed by atoms with E-state index in [-0.39, 0.29) is 29.1 Å². The van der Waals surface area contributed by atoms with Gasteiger partial charge in [0.15, 0.2) is 5.13 Å². The maximum Gasteiger partial charge on any atom is 0.413 e. The average Bonchev–Trinajstić information content (AvgIpc) is 3.49. The number of thiazole rings is 1. The topological polar surface area (TPSA) is 121 Å². The SMILES string of the molecule is Cc1nc(NC(=O)OCC2c3ccccc3-c3ccccc32)sc1C(=O)NC(CN(C)Cc1ccccc1)C(=O)O. The fourth-order valence-electron chi connectivity index (χ4n) is 5.06. The molecule has 1 heterocycles. The number of aryl methyl sites for hydroxylation is 1. The number of rotatable bonds is 10. The third-order valence-electron chi connectivity index (χ3n) is 6.95. The number of aliphatic carboxylic acids is 1. The molecule has 0 saturated carbocycles. The number of anilines is 1. The van der Waals surface area contributed by atoms with E-state index >= 15 is 0 Å². The molecule has 5 rings (SSSR count). The van der Waals surface area contributed by atoms with Crippen molar-refractivity contribution in [1.29, 1.82) is 0 Å². The van der Waals surface area contributed by atoms with Gasteiger partial charge in [-0.1, -0.05) is 90.2 Å². The Bertz CT molecular complexity index is 1530. The summed E-state index contributed by atoms with van der Waals surface area (Å²) in [4.78, 5) is 43.9. The maximum atomic E-state index is 13.0. The molecular weight excluding hydrogens is 540 g/mol. The second kappa shape index (κ2) is 12.3. The van der Waals surface area contributed by atoms with Crippen molar-refractivity contribution in [2.24, 2.45) is 0 Å². The Morgan fingerprint density at radius 1 is 0.976 bits per heavy atom. The molecule has 0 aliphatic heterocycles. The van der Waals surface area contributed by atoms with Crippen molar-refractivity contribution < 1.29 is 24.2 Å². The Balaban J connectivity index is 1.18. The second-order valence-electron chi connectivity index (χ2n) is 9.93. The van der Waals surface area contributed by atoms with Crippen LogP contribution in [0.1, 0.15) is 38.0 Å². The molecule has 1 atom stereocenters. The molecule has 4 aromatic rings. The molecule has 210 valence electrons. The lowest BCUT2D eigenvalue weighted by molar-refractivity contribution is -0.139. The van der Waals surface area contributed by atoms with Crippen LogP contribution in [0.2, 0.25) is 0 Å². The van der Waals surface area contributed by atoms with Gasteiger partial charge in [0, 0.05) is 19.0 Å². The van der Waals surface area contributed by atoms with Gasteiger partial charge >= 0.3 is 12.1 Å². The second-order valence-corrected chi connectivity index (χ2v) is 10.9. The first-order valence-electron chi connectivity index (χ1n) is 13.2. The van der Waals surface area contributed by atoms with Crippen molar-refractivity contribution in [3.63, 3.8) is 0 Å². The van der Waals surface area contributed by atoms with Crippen LogP contribution in [-0.2, 0) is 16.1 Å². The first kappa shape index (κ1) is 28.0. The molecule has 0 fully saturated rings. The van der Waals surface area contributed by atoms with Gasteiger partial charge in [0.2, 0.25) is 0 Å². The highest BCUT2D eigenvalue weighted by molar-refractivity contribution is 7.17. The molecule has 2 amide bonds. The normalized spacial score (nSPS) is 12.9. The summed E-state index contributed by atoms with van der Waals surface area (Å²) in [7, 11) is 1.80. The van der Waals surface area contributed by atoms with Gasteiger partial charge in [0.05, 0.1) is 5.69 Å². The number of hydrogen-bond donors (Lipinski definition) is 3. The number of amides is 2. The molecule has 1 unspecified atom stereocenters. The van der Waals surface area contributed by atoms with Crippen LogP contribution in [-0.4, -0.2) is 59.2 Å². The Hall–Kier alpha value is -4.54. The summed E-state index contributed by atoms with van der Waals surface area (Å²) in [5.74, 6) is -1.79. The number of carboxylic acid groups (broad SMARTS) is 1. The Kier molecular flexibility index (Phi) is 8.42. The summed E-state index contributed by atoms with van der Waals surface area (Å²) < 4.78 is 5.57. The van der Waals surface area contributed by atoms with Crippen LogP contribution >= 0.6 is 11.3 Å². The summed E-state index contributed by atoms with van der Waals surface area (Å²) >= 11 is 0.965. The zero-order valence-corrected chi connectivity index (χ0v) is 23.5. The number of nitrogens with one attached hydrogen (secondary N) is 2. The highest BCUT2D eigenvalue weighted by Crippen LogP contribution is 2.44. The van der Waals surface area contributed by atoms with Gasteiger partial charge in [-0.3, -0.25) is 15.0 Å². The summed E-state index contributed by atoms with van der Waals surface area (Å²) in [6.45, 7) is 2.42. The number of carbonyl (C=O) groups excluding carboxylic acids is 2. The molecular formula is C31H30N4O5S. The smallest absolute Gasteiger partial charge is 0.413 e. The number of carbonyl (C=O) groups is 3. The number of ether oxygens (including phenoxy) is 1. The molecule has 10 heteroatoms. The fraction of sp³-hybridized carbons (Fsp3) is 0.226.